The third-order valence-electron chi connectivity index (χ3n) is 3.35. The lowest BCUT2D eigenvalue weighted by molar-refractivity contribution is 0.0751. The number of rotatable bonds is 1. The van der Waals surface area contributed by atoms with Crippen LogP contribution in [0, 0.1) is 6.92 Å². The Hall–Kier alpha value is -2.36. The van der Waals surface area contributed by atoms with E-state index < -0.39 is 0 Å². The number of hydrogen-bond acceptors (Lipinski definition) is 3. The normalized spacial score (nSPS) is 13.4. The summed E-state index contributed by atoms with van der Waals surface area (Å²) in [6, 6.07) is 11.5. The molecule has 0 saturated heterocycles. The van der Waals surface area contributed by atoms with Crippen LogP contribution in [0.25, 0.3) is 0 Å². The summed E-state index contributed by atoms with van der Waals surface area (Å²) in [7, 11) is 0. The van der Waals surface area contributed by atoms with E-state index in [0.717, 1.165) is 5.69 Å². The Balaban J connectivity index is 1.87. The standard InChI is InChI=1S/C15H15N3O/c1-10-6-13(7-14(16)17-10)15(19)18-8-11-4-2-3-5-12(11)9-18/h2-7H,8-9H2,1H3,(H2,16,17). The van der Waals surface area contributed by atoms with E-state index in [1.54, 1.807) is 12.1 Å². The van der Waals surface area contributed by atoms with Crippen molar-refractivity contribution in [2.45, 2.75) is 20.0 Å². The maximum Gasteiger partial charge on any atom is 0.254 e. The Morgan fingerprint density at radius 3 is 2.42 bits per heavy atom. The zero-order chi connectivity index (χ0) is 13.4. The van der Waals surface area contributed by atoms with Crippen molar-refractivity contribution in [3.8, 4) is 0 Å². The number of amides is 1. The first-order valence-corrected chi connectivity index (χ1v) is 6.24. The fraction of sp³-hybridized carbons (Fsp3) is 0.200. The number of benzene rings is 1. The minimum Gasteiger partial charge on any atom is -0.384 e. The first-order chi connectivity index (χ1) is 9.13. The molecule has 0 radical (unpaired) electrons. The van der Waals surface area contributed by atoms with E-state index in [-0.39, 0.29) is 5.91 Å². The van der Waals surface area contributed by atoms with Crippen molar-refractivity contribution in [3.05, 3.63) is 58.8 Å². The second kappa shape index (κ2) is 4.39. The summed E-state index contributed by atoms with van der Waals surface area (Å²) in [6.45, 7) is 3.17. The van der Waals surface area contributed by atoms with Crippen molar-refractivity contribution < 1.29 is 4.79 Å². The Morgan fingerprint density at radius 1 is 1.21 bits per heavy atom. The van der Waals surface area contributed by atoms with Crippen molar-refractivity contribution in [3.63, 3.8) is 0 Å². The molecule has 0 bridgehead atoms. The van der Waals surface area contributed by atoms with Crippen LogP contribution in [-0.2, 0) is 13.1 Å². The summed E-state index contributed by atoms with van der Waals surface area (Å²) in [4.78, 5) is 18.4. The van der Waals surface area contributed by atoms with Crippen LogP contribution in [0.2, 0.25) is 0 Å². The molecule has 0 atom stereocenters. The van der Waals surface area contributed by atoms with Crippen LogP contribution in [0.1, 0.15) is 27.2 Å². The summed E-state index contributed by atoms with van der Waals surface area (Å²) in [6.07, 6.45) is 0. The van der Waals surface area contributed by atoms with E-state index in [9.17, 15) is 4.79 Å². The number of carbonyl (C=O) groups excluding carboxylic acids is 1. The van der Waals surface area contributed by atoms with Gasteiger partial charge in [0.15, 0.2) is 0 Å². The Morgan fingerprint density at radius 2 is 1.84 bits per heavy atom. The monoisotopic (exact) mass is 253 g/mol. The second-order valence-electron chi connectivity index (χ2n) is 4.85. The second-order valence-corrected chi connectivity index (χ2v) is 4.85. The molecule has 0 saturated carbocycles. The zero-order valence-corrected chi connectivity index (χ0v) is 10.8. The van der Waals surface area contributed by atoms with Crippen LogP contribution < -0.4 is 5.73 Å². The summed E-state index contributed by atoms with van der Waals surface area (Å²) in [5.41, 5.74) is 9.51. The maximum absolute atomic E-state index is 12.5. The third kappa shape index (κ3) is 2.17. The van der Waals surface area contributed by atoms with Gasteiger partial charge in [-0.1, -0.05) is 24.3 Å². The number of pyridine rings is 1. The molecule has 0 unspecified atom stereocenters. The molecule has 2 N–H and O–H groups in total. The number of nitrogen functional groups attached to an aromatic ring is 1. The van der Waals surface area contributed by atoms with Gasteiger partial charge in [0.25, 0.3) is 5.91 Å². The van der Waals surface area contributed by atoms with Crippen molar-refractivity contribution in [1.82, 2.24) is 9.88 Å². The average Bonchev–Trinajstić information content (AvgIpc) is 2.80. The van der Waals surface area contributed by atoms with E-state index >= 15 is 0 Å². The van der Waals surface area contributed by atoms with Gasteiger partial charge < -0.3 is 10.6 Å². The minimum absolute atomic E-state index is 0.00778. The predicted octanol–water partition coefficient (Wildman–Crippen LogP) is 2.13. The van der Waals surface area contributed by atoms with Gasteiger partial charge in [-0.05, 0) is 30.2 Å². The third-order valence-corrected chi connectivity index (χ3v) is 3.35. The van der Waals surface area contributed by atoms with Gasteiger partial charge in [-0.2, -0.15) is 0 Å². The molecule has 0 aliphatic carbocycles. The molecule has 1 aliphatic rings. The molecular weight excluding hydrogens is 238 g/mol. The highest BCUT2D eigenvalue weighted by Gasteiger charge is 2.24. The Bertz CT molecular complexity index is 606. The SMILES string of the molecule is Cc1cc(C(=O)N2Cc3ccccc3C2)cc(N)n1. The molecule has 0 spiro atoms. The van der Waals surface area contributed by atoms with E-state index in [2.05, 4.69) is 17.1 Å². The predicted molar refractivity (Wildman–Crippen MR) is 73.4 cm³/mol. The van der Waals surface area contributed by atoms with Crippen LogP contribution >= 0.6 is 0 Å². The number of aromatic nitrogens is 1. The van der Waals surface area contributed by atoms with Gasteiger partial charge in [-0.15, -0.1) is 0 Å². The van der Waals surface area contributed by atoms with Crippen molar-refractivity contribution in [1.29, 1.82) is 0 Å². The van der Waals surface area contributed by atoms with Crippen molar-refractivity contribution >= 4 is 11.7 Å². The van der Waals surface area contributed by atoms with Crippen LogP contribution in [-0.4, -0.2) is 15.8 Å². The average molecular weight is 253 g/mol. The molecule has 1 aromatic carbocycles. The summed E-state index contributed by atoms with van der Waals surface area (Å²) in [5.74, 6) is 0.397. The Labute approximate surface area is 111 Å². The minimum atomic E-state index is 0.00778. The molecule has 19 heavy (non-hydrogen) atoms. The largest absolute Gasteiger partial charge is 0.384 e. The van der Waals surface area contributed by atoms with Gasteiger partial charge in [-0.25, -0.2) is 4.98 Å². The number of fused-ring (bicyclic) bond motifs is 1. The number of anilines is 1. The molecule has 2 aromatic rings. The van der Waals surface area contributed by atoms with Gasteiger partial charge in [0.05, 0.1) is 0 Å². The number of nitrogens with zero attached hydrogens (tertiary/aromatic N) is 2. The molecule has 0 fully saturated rings. The lowest BCUT2D eigenvalue weighted by atomic mass is 10.1. The fourth-order valence-electron chi connectivity index (χ4n) is 2.48. The van der Waals surface area contributed by atoms with E-state index in [4.69, 9.17) is 5.73 Å². The fourth-order valence-corrected chi connectivity index (χ4v) is 2.48. The smallest absolute Gasteiger partial charge is 0.254 e. The van der Waals surface area contributed by atoms with Gasteiger partial charge >= 0.3 is 0 Å². The number of aryl methyl sites for hydroxylation is 1. The molecule has 1 aromatic heterocycles. The van der Waals surface area contributed by atoms with Gasteiger partial charge in [0, 0.05) is 24.3 Å². The Kier molecular flexibility index (Phi) is 2.71. The molecule has 96 valence electrons. The van der Waals surface area contributed by atoms with Crippen molar-refractivity contribution in [2.75, 3.05) is 5.73 Å². The van der Waals surface area contributed by atoms with E-state index in [1.807, 2.05) is 24.0 Å². The molecule has 3 rings (SSSR count). The highest BCUT2D eigenvalue weighted by atomic mass is 16.2. The van der Waals surface area contributed by atoms with Gasteiger partial charge in [-0.3, -0.25) is 4.79 Å². The highest BCUT2D eigenvalue weighted by Crippen LogP contribution is 2.24. The summed E-state index contributed by atoms with van der Waals surface area (Å²) >= 11 is 0. The number of hydrogen-bond donors (Lipinski definition) is 1. The van der Waals surface area contributed by atoms with Gasteiger partial charge in [0.1, 0.15) is 5.82 Å². The summed E-state index contributed by atoms with van der Waals surface area (Å²) < 4.78 is 0. The lowest BCUT2D eigenvalue weighted by Crippen LogP contribution is -2.25. The number of carbonyl (C=O) groups is 1. The van der Waals surface area contributed by atoms with E-state index in [1.165, 1.54) is 11.1 Å². The topological polar surface area (TPSA) is 59.2 Å². The number of nitrogens with two attached hydrogens (primary N) is 1. The molecule has 1 aliphatic heterocycles. The first-order valence-electron chi connectivity index (χ1n) is 6.24. The van der Waals surface area contributed by atoms with Crippen LogP contribution in [0.15, 0.2) is 36.4 Å². The molecule has 1 amide bonds. The summed E-state index contributed by atoms with van der Waals surface area (Å²) in [5, 5.41) is 0. The van der Waals surface area contributed by atoms with Crippen LogP contribution in [0.4, 0.5) is 5.82 Å². The van der Waals surface area contributed by atoms with Gasteiger partial charge in [0.2, 0.25) is 0 Å². The molecule has 2 heterocycles. The lowest BCUT2D eigenvalue weighted by Gasteiger charge is -2.15. The van der Waals surface area contributed by atoms with Crippen LogP contribution in [0.5, 0.6) is 0 Å². The van der Waals surface area contributed by atoms with E-state index in [0.29, 0.717) is 24.5 Å². The quantitative estimate of drug-likeness (QED) is 0.847. The van der Waals surface area contributed by atoms with Crippen molar-refractivity contribution in [2.24, 2.45) is 0 Å². The molecule has 4 heteroatoms. The highest BCUT2D eigenvalue weighted by molar-refractivity contribution is 5.95. The van der Waals surface area contributed by atoms with Crippen LogP contribution in [0.3, 0.4) is 0 Å². The maximum atomic E-state index is 12.5. The molecular formula is C15H15N3O. The molecule has 4 nitrogen and oxygen atoms in total. The zero-order valence-electron chi connectivity index (χ0n) is 10.8. The first kappa shape index (κ1) is 11.7.